The SMILES string of the molecule is CCCCc1ccc(N2B3c4cc5c(cc4N(c4ccc(CCCC)cc4-c4ccccc4)c4cc(CCCC)cc(c43)-c3cc(N(c4ccccc4)c4ccccc4)ccc32)C(C)(C)c2ccccc2-5)cc1. The van der Waals surface area contributed by atoms with Gasteiger partial charge in [-0.05, 0) is 178 Å². The summed E-state index contributed by atoms with van der Waals surface area (Å²) in [4.78, 5) is 7.83. The number of nitrogens with zero attached hydrogens (tertiary/aromatic N) is 3. The third-order valence-corrected chi connectivity index (χ3v) is 16.1. The van der Waals surface area contributed by atoms with Gasteiger partial charge in [-0.25, -0.2) is 0 Å². The van der Waals surface area contributed by atoms with Crippen LogP contribution in [0, 0.1) is 0 Å². The molecular formula is C69H66BN3. The van der Waals surface area contributed by atoms with Gasteiger partial charge in [-0.1, -0.05) is 175 Å². The van der Waals surface area contributed by atoms with Crippen LogP contribution in [0.5, 0.6) is 0 Å². The summed E-state index contributed by atoms with van der Waals surface area (Å²) in [6, 6.07) is 76.7. The Morgan fingerprint density at radius 2 is 1.00 bits per heavy atom. The summed E-state index contributed by atoms with van der Waals surface area (Å²) in [5.41, 5.74) is 26.8. The second-order valence-electron chi connectivity index (χ2n) is 21.2. The van der Waals surface area contributed by atoms with Gasteiger partial charge in [-0.2, -0.15) is 0 Å². The lowest BCUT2D eigenvalue weighted by Gasteiger charge is -2.47. The molecule has 2 aliphatic heterocycles. The van der Waals surface area contributed by atoms with E-state index in [0.29, 0.717) is 0 Å². The average molecular weight is 948 g/mol. The number of unbranched alkanes of at least 4 members (excludes halogenated alkanes) is 3. The van der Waals surface area contributed by atoms with Crippen molar-refractivity contribution in [3.63, 3.8) is 0 Å². The number of hydrogen-bond acceptors (Lipinski definition) is 3. The minimum Gasteiger partial charge on any atom is -0.376 e. The van der Waals surface area contributed by atoms with E-state index >= 15 is 0 Å². The van der Waals surface area contributed by atoms with Crippen molar-refractivity contribution in [1.82, 2.24) is 0 Å². The molecule has 360 valence electrons. The quantitative estimate of drug-likeness (QED) is 0.0948. The summed E-state index contributed by atoms with van der Waals surface area (Å²) in [5.74, 6) is 0. The third-order valence-electron chi connectivity index (χ3n) is 16.1. The maximum atomic E-state index is 2.70. The monoisotopic (exact) mass is 948 g/mol. The fourth-order valence-corrected chi connectivity index (χ4v) is 12.4. The number of fused-ring (bicyclic) bond motifs is 7. The van der Waals surface area contributed by atoms with Crippen LogP contribution in [0.4, 0.5) is 45.5 Å². The Morgan fingerprint density at radius 3 is 1.68 bits per heavy atom. The van der Waals surface area contributed by atoms with Crippen molar-refractivity contribution in [3.05, 3.63) is 228 Å². The molecule has 0 fully saturated rings. The molecule has 3 aliphatic rings. The zero-order valence-electron chi connectivity index (χ0n) is 43.3. The molecule has 0 saturated heterocycles. The van der Waals surface area contributed by atoms with Crippen molar-refractivity contribution in [2.24, 2.45) is 0 Å². The summed E-state index contributed by atoms with van der Waals surface area (Å²) in [7, 11) is 0. The van der Waals surface area contributed by atoms with E-state index in [2.05, 4.69) is 249 Å². The van der Waals surface area contributed by atoms with E-state index in [1.807, 2.05) is 0 Å². The molecule has 0 bridgehead atoms. The molecule has 9 aromatic rings. The summed E-state index contributed by atoms with van der Waals surface area (Å²) in [6.45, 7) is 11.7. The van der Waals surface area contributed by atoms with Gasteiger partial charge in [0.25, 0.3) is 0 Å². The van der Waals surface area contributed by atoms with Crippen LogP contribution >= 0.6 is 0 Å². The van der Waals surface area contributed by atoms with Crippen molar-refractivity contribution in [1.29, 1.82) is 0 Å². The van der Waals surface area contributed by atoms with Crippen LogP contribution in [0.2, 0.25) is 0 Å². The van der Waals surface area contributed by atoms with Crippen LogP contribution in [-0.4, -0.2) is 6.85 Å². The fraction of sp³-hybridized carbons (Fsp3) is 0.217. The van der Waals surface area contributed by atoms with Crippen LogP contribution in [0.3, 0.4) is 0 Å². The first-order valence-electron chi connectivity index (χ1n) is 27.2. The zero-order valence-corrected chi connectivity index (χ0v) is 43.3. The van der Waals surface area contributed by atoms with Crippen LogP contribution in [0.25, 0.3) is 33.4 Å². The molecular weight excluding hydrogens is 882 g/mol. The molecule has 73 heavy (non-hydrogen) atoms. The van der Waals surface area contributed by atoms with Gasteiger partial charge in [0.15, 0.2) is 0 Å². The molecule has 4 heteroatoms. The highest BCUT2D eigenvalue weighted by molar-refractivity contribution is 6.93. The largest absolute Gasteiger partial charge is 0.376 e. The molecule has 1 aliphatic carbocycles. The zero-order chi connectivity index (χ0) is 49.6. The molecule has 2 heterocycles. The van der Waals surface area contributed by atoms with E-state index in [4.69, 9.17) is 0 Å². The smallest absolute Gasteiger partial charge is 0.333 e. The van der Waals surface area contributed by atoms with Gasteiger partial charge in [0.1, 0.15) is 0 Å². The van der Waals surface area contributed by atoms with Crippen molar-refractivity contribution in [2.75, 3.05) is 14.6 Å². The highest BCUT2D eigenvalue weighted by Gasteiger charge is 2.48. The van der Waals surface area contributed by atoms with E-state index in [1.54, 1.807) is 0 Å². The van der Waals surface area contributed by atoms with E-state index in [0.717, 1.165) is 49.2 Å². The Hall–Kier alpha value is -7.56. The van der Waals surface area contributed by atoms with Gasteiger partial charge in [-0.15, -0.1) is 0 Å². The number of para-hydroxylation sites is 2. The Bertz CT molecular complexity index is 3410. The molecule has 0 atom stereocenters. The first kappa shape index (κ1) is 46.5. The summed E-state index contributed by atoms with van der Waals surface area (Å²) < 4.78 is 0. The van der Waals surface area contributed by atoms with Gasteiger partial charge in [-0.3, -0.25) is 0 Å². The second kappa shape index (κ2) is 19.5. The first-order valence-corrected chi connectivity index (χ1v) is 27.2. The molecule has 0 unspecified atom stereocenters. The average Bonchev–Trinajstić information content (AvgIpc) is 3.66. The van der Waals surface area contributed by atoms with E-state index in [9.17, 15) is 0 Å². The van der Waals surface area contributed by atoms with Crippen molar-refractivity contribution in [3.8, 4) is 33.4 Å². The molecule has 0 aromatic heterocycles. The minimum atomic E-state index is -0.180. The second-order valence-corrected chi connectivity index (χ2v) is 21.2. The van der Waals surface area contributed by atoms with Gasteiger partial charge < -0.3 is 14.6 Å². The normalized spacial score (nSPS) is 13.5. The van der Waals surface area contributed by atoms with Crippen LogP contribution in [0.1, 0.15) is 101 Å². The third kappa shape index (κ3) is 8.16. The number of hydrogen-bond donors (Lipinski definition) is 0. The Kier molecular flexibility index (Phi) is 12.4. The molecule has 0 amide bonds. The van der Waals surface area contributed by atoms with Crippen LogP contribution in [-0.2, 0) is 24.7 Å². The standard InChI is InChI=1S/C69H66BN3/c1-6-9-23-48-34-37-54(38-35-48)73-65-41-39-55(71(52-28-17-13-18-29-52)53-30-19-14-20-31-53)45-59(65)60-43-50(25-11-8-3)44-67-68(60)70(73)63-46-58-56-32-21-22-33-61(56)69(4,5)62(58)47-66(63)72(67)64-40-36-49(24-10-7-2)42-57(64)51-26-15-12-16-27-51/h12-22,26-47H,6-11,23-25H2,1-5H3. The van der Waals surface area contributed by atoms with Crippen molar-refractivity contribution < 1.29 is 0 Å². The van der Waals surface area contributed by atoms with Crippen molar-refractivity contribution >= 4 is 63.3 Å². The van der Waals surface area contributed by atoms with E-state index < -0.39 is 0 Å². The van der Waals surface area contributed by atoms with Crippen LogP contribution < -0.4 is 25.5 Å². The highest BCUT2D eigenvalue weighted by Crippen LogP contribution is 2.54. The Morgan fingerprint density at radius 1 is 0.411 bits per heavy atom. The maximum absolute atomic E-state index is 2.70. The fourth-order valence-electron chi connectivity index (χ4n) is 12.4. The predicted octanol–water partition coefficient (Wildman–Crippen LogP) is 17.9. The van der Waals surface area contributed by atoms with Gasteiger partial charge >= 0.3 is 6.85 Å². The Balaban J connectivity index is 1.19. The molecule has 9 aromatic carbocycles. The molecule has 0 spiro atoms. The number of benzene rings is 9. The van der Waals surface area contributed by atoms with Crippen molar-refractivity contribution in [2.45, 2.75) is 97.8 Å². The lowest BCUT2D eigenvalue weighted by Crippen LogP contribution is -2.61. The van der Waals surface area contributed by atoms with Gasteiger partial charge in [0, 0.05) is 56.4 Å². The Labute approximate surface area is 434 Å². The molecule has 0 saturated carbocycles. The molecule has 0 radical (unpaired) electrons. The topological polar surface area (TPSA) is 9.72 Å². The lowest BCUT2D eigenvalue weighted by atomic mass is 9.43. The summed E-state index contributed by atoms with van der Waals surface area (Å²) >= 11 is 0. The lowest BCUT2D eigenvalue weighted by molar-refractivity contribution is 0.660. The molecule has 12 rings (SSSR count). The highest BCUT2D eigenvalue weighted by atomic mass is 15.2. The number of aryl methyl sites for hydroxylation is 3. The summed E-state index contributed by atoms with van der Waals surface area (Å²) in [6.07, 6.45) is 10.1. The van der Waals surface area contributed by atoms with Gasteiger partial charge in [0.05, 0.1) is 5.69 Å². The molecule has 0 N–H and O–H groups in total. The minimum absolute atomic E-state index is 0.110. The first-order chi connectivity index (χ1) is 35.9. The van der Waals surface area contributed by atoms with Crippen LogP contribution in [0.15, 0.2) is 200 Å². The molecule has 3 nitrogen and oxygen atoms in total. The van der Waals surface area contributed by atoms with Gasteiger partial charge in [0.2, 0.25) is 0 Å². The number of rotatable bonds is 15. The van der Waals surface area contributed by atoms with E-state index in [-0.39, 0.29) is 12.3 Å². The maximum Gasteiger partial charge on any atom is 0.333 e. The number of anilines is 8. The van der Waals surface area contributed by atoms with E-state index in [1.165, 1.54) is 126 Å². The summed E-state index contributed by atoms with van der Waals surface area (Å²) in [5, 5.41) is 0. The predicted molar refractivity (Wildman–Crippen MR) is 314 cm³/mol.